The SMILES string of the molecule is C=CC([N+](=O)[O-])C(C)(C)O. The van der Waals surface area contributed by atoms with Crippen molar-refractivity contribution in [1.82, 2.24) is 0 Å². The largest absolute Gasteiger partial charge is 0.383 e. The molecular formula is C6H11NO3. The molecule has 0 aliphatic heterocycles. The van der Waals surface area contributed by atoms with Gasteiger partial charge >= 0.3 is 0 Å². The van der Waals surface area contributed by atoms with Gasteiger partial charge in [0.05, 0.1) is 0 Å². The Labute approximate surface area is 59.3 Å². The van der Waals surface area contributed by atoms with Gasteiger partial charge in [0, 0.05) is 4.92 Å². The first-order chi connectivity index (χ1) is 4.39. The van der Waals surface area contributed by atoms with Gasteiger partial charge in [-0.1, -0.05) is 6.58 Å². The van der Waals surface area contributed by atoms with Crippen LogP contribution < -0.4 is 0 Å². The summed E-state index contributed by atoms with van der Waals surface area (Å²) in [7, 11) is 0. The minimum absolute atomic E-state index is 0.562. The second kappa shape index (κ2) is 2.79. The molecule has 1 atom stereocenters. The zero-order chi connectivity index (χ0) is 8.36. The average molecular weight is 145 g/mol. The van der Waals surface area contributed by atoms with Crippen LogP contribution in [0.3, 0.4) is 0 Å². The fraction of sp³-hybridized carbons (Fsp3) is 0.667. The number of nitro groups is 1. The van der Waals surface area contributed by atoms with Crippen molar-refractivity contribution in [3.05, 3.63) is 22.8 Å². The molecule has 0 radical (unpaired) electrons. The van der Waals surface area contributed by atoms with E-state index in [1.54, 1.807) is 0 Å². The molecule has 0 rings (SSSR count). The lowest BCUT2D eigenvalue weighted by Crippen LogP contribution is -2.40. The van der Waals surface area contributed by atoms with Crippen molar-refractivity contribution in [3.8, 4) is 0 Å². The monoisotopic (exact) mass is 145 g/mol. The summed E-state index contributed by atoms with van der Waals surface area (Å²) in [6, 6.07) is -1.09. The Balaban J connectivity index is 4.36. The van der Waals surface area contributed by atoms with Gasteiger partial charge in [0.15, 0.2) is 0 Å². The maximum Gasteiger partial charge on any atom is 0.258 e. The Morgan fingerprint density at radius 3 is 2.20 bits per heavy atom. The van der Waals surface area contributed by atoms with Crippen LogP contribution in [0.1, 0.15) is 13.8 Å². The Kier molecular flexibility index (Phi) is 2.54. The van der Waals surface area contributed by atoms with E-state index < -0.39 is 16.6 Å². The van der Waals surface area contributed by atoms with Crippen LogP contribution in [0.4, 0.5) is 0 Å². The average Bonchev–Trinajstić information content (AvgIpc) is 1.60. The van der Waals surface area contributed by atoms with E-state index in [1.807, 2.05) is 0 Å². The molecule has 0 aliphatic carbocycles. The quantitative estimate of drug-likeness (QED) is 0.359. The highest BCUT2D eigenvalue weighted by molar-refractivity contribution is 4.90. The van der Waals surface area contributed by atoms with Crippen LogP contribution >= 0.6 is 0 Å². The van der Waals surface area contributed by atoms with E-state index >= 15 is 0 Å². The predicted octanol–water partition coefficient (Wildman–Crippen LogP) is 0.589. The van der Waals surface area contributed by atoms with Gasteiger partial charge in [-0.05, 0) is 19.9 Å². The van der Waals surface area contributed by atoms with Crippen molar-refractivity contribution in [2.45, 2.75) is 25.5 Å². The summed E-state index contributed by atoms with van der Waals surface area (Å²) in [4.78, 5) is 9.59. The van der Waals surface area contributed by atoms with Gasteiger partial charge in [-0.3, -0.25) is 10.1 Å². The van der Waals surface area contributed by atoms with E-state index in [4.69, 9.17) is 5.11 Å². The minimum Gasteiger partial charge on any atom is -0.383 e. The topological polar surface area (TPSA) is 63.4 Å². The molecular weight excluding hydrogens is 134 g/mol. The smallest absolute Gasteiger partial charge is 0.258 e. The lowest BCUT2D eigenvalue weighted by atomic mass is 10.0. The number of rotatable bonds is 3. The normalized spacial score (nSPS) is 14.3. The van der Waals surface area contributed by atoms with Crippen molar-refractivity contribution in [1.29, 1.82) is 0 Å². The van der Waals surface area contributed by atoms with Crippen molar-refractivity contribution >= 4 is 0 Å². The summed E-state index contributed by atoms with van der Waals surface area (Å²) < 4.78 is 0. The molecule has 0 spiro atoms. The fourth-order valence-corrected chi connectivity index (χ4v) is 0.632. The highest BCUT2D eigenvalue weighted by atomic mass is 16.6. The summed E-state index contributed by atoms with van der Waals surface area (Å²) in [5, 5.41) is 19.3. The van der Waals surface area contributed by atoms with Crippen LogP contribution in [0, 0.1) is 10.1 Å². The number of hydrogen-bond donors (Lipinski definition) is 1. The summed E-state index contributed by atoms with van der Waals surface area (Å²) in [6.45, 7) is 6.00. The van der Waals surface area contributed by atoms with Crippen LogP contribution in [-0.2, 0) is 0 Å². The van der Waals surface area contributed by atoms with Crippen molar-refractivity contribution in [3.63, 3.8) is 0 Å². The van der Waals surface area contributed by atoms with Crippen LogP contribution in [0.5, 0.6) is 0 Å². The lowest BCUT2D eigenvalue weighted by molar-refractivity contribution is -0.529. The molecule has 4 nitrogen and oxygen atoms in total. The maximum atomic E-state index is 10.2. The molecule has 0 bridgehead atoms. The molecule has 0 aromatic carbocycles. The van der Waals surface area contributed by atoms with Gasteiger partial charge in [0.2, 0.25) is 0 Å². The number of hydrogen-bond acceptors (Lipinski definition) is 3. The standard InChI is InChI=1S/C6H11NO3/c1-4-5(7(9)10)6(2,3)8/h4-5,8H,1H2,2-3H3. The number of nitrogens with zero attached hydrogens (tertiary/aromatic N) is 1. The highest BCUT2D eigenvalue weighted by Gasteiger charge is 2.33. The Bertz CT molecular complexity index is 148. The maximum absolute atomic E-state index is 10.2. The molecule has 1 unspecified atom stereocenters. The van der Waals surface area contributed by atoms with E-state index in [1.165, 1.54) is 13.8 Å². The van der Waals surface area contributed by atoms with Gasteiger partial charge in [0.25, 0.3) is 6.04 Å². The predicted molar refractivity (Wildman–Crippen MR) is 37.3 cm³/mol. The molecule has 58 valence electrons. The summed E-state index contributed by atoms with van der Waals surface area (Å²) in [5.41, 5.74) is -1.33. The zero-order valence-corrected chi connectivity index (χ0v) is 6.07. The molecule has 0 saturated carbocycles. The lowest BCUT2D eigenvalue weighted by Gasteiger charge is -2.18. The molecule has 0 heterocycles. The third kappa shape index (κ3) is 2.14. The van der Waals surface area contributed by atoms with E-state index in [2.05, 4.69) is 6.58 Å². The third-order valence-corrected chi connectivity index (χ3v) is 1.17. The summed E-state index contributed by atoms with van der Waals surface area (Å²) in [5.74, 6) is 0. The second-order valence-electron chi connectivity index (χ2n) is 2.62. The molecule has 0 fully saturated rings. The second-order valence-corrected chi connectivity index (χ2v) is 2.62. The van der Waals surface area contributed by atoms with Crippen molar-refractivity contribution in [2.75, 3.05) is 0 Å². The molecule has 10 heavy (non-hydrogen) atoms. The van der Waals surface area contributed by atoms with Gasteiger partial charge in [-0.25, -0.2) is 0 Å². The van der Waals surface area contributed by atoms with Crippen molar-refractivity contribution < 1.29 is 10.0 Å². The van der Waals surface area contributed by atoms with Gasteiger partial charge < -0.3 is 5.11 Å². The van der Waals surface area contributed by atoms with Gasteiger partial charge in [0.1, 0.15) is 5.60 Å². The van der Waals surface area contributed by atoms with Crippen molar-refractivity contribution in [2.24, 2.45) is 0 Å². The van der Waals surface area contributed by atoms with E-state index in [9.17, 15) is 10.1 Å². The molecule has 1 N–H and O–H groups in total. The van der Waals surface area contributed by atoms with Crippen LogP contribution in [0.15, 0.2) is 12.7 Å². The summed E-state index contributed by atoms with van der Waals surface area (Å²) >= 11 is 0. The van der Waals surface area contributed by atoms with Gasteiger partial charge in [-0.2, -0.15) is 0 Å². The van der Waals surface area contributed by atoms with Crippen LogP contribution in [0.2, 0.25) is 0 Å². The Morgan fingerprint density at radius 2 is 2.20 bits per heavy atom. The molecule has 0 amide bonds. The van der Waals surface area contributed by atoms with E-state index in [-0.39, 0.29) is 0 Å². The third-order valence-electron chi connectivity index (χ3n) is 1.17. The van der Waals surface area contributed by atoms with Crippen LogP contribution in [0.25, 0.3) is 0 Å². The highest BCUT2D eigenvalue weighted by Crippen LogP contribution is 2.11. The fourth-order valence-electron chi connectivity index (χ4n) is 0.632. The molecule has 0 aromatic heterocycles. The molecule has 0 aliphatic rings. The molecule has 0 saturated heterocycles. The first kappa shape index (κ1) is 9.10. The Hall–Kier alpha value is -0.900. The minimum atomic E-state index is -1.33. The first-order valence-corrected chi connectivity index (χ1v) is 2.88. The summed E-state index contributed by atoms with van der Waals surface area (Å²) in [6.07, 6.45) is 1.12. The Morgan fingerprint density at radius 1 is 1.80 bits per heavy atom. The molecule has 0 aromatic rings. The zero-order valence-electron chi connectivity index (χ0n) is 6.07. The van der Waals surface area contributed by atoms with Crippen LogP contribution in [-0.4, -0.2) is 21.7 Å². The number of aliphatic hydroxyl groups is 1. The first-order valence-electron chi connectivity index (χ1n) is 2.88. The van der Waals surface area contributed by atoms with Gasteiger partial charge in [-0.15, -0.1) is 0 Å². The van der Waals surface area contributed by atoms with E-state index in [0.717, 1.165) is 6.08 Å². The molecule has 4 heteroatoms. The van der Waals surface area contributed by atoms with E-state index in [0.29, 0.717) is 0 Å².